The number of hydrogen-bond acceptors (Lipinski definition) is 3. The van der Waals surface area contributed by atoms with Gasteiger partial charge in [0.2, 0.25) is 0 Å². The zero-order chi connectivity index (χ0) is 15.2. The second kappa shape index (κ2) is 7.62. The molecule has 2 aromatic rings. The minimum absolute atomic E-state index is 0.247. The summed E-state index contributed by atoms with van der Waals surface area (Å²) in [6.45, 7) is 12.0. The average molecular weight is 288 g/mol. The summed E-state index contributed by atoms with van der Waals surface area (Å²) in [7, 11) is 0. The largest absolute Gasteiger partial charge is 0.459 e. The maximum absolute atomic E-state index is 6.05. The van der Waals surface area contributed by atoms with Crippen LogP contribution in [0, 0.1) is 0 Å². The van der Waals surface area contributed by atoms with Crippen molar-refractivity contribution >= 4 is 11.0 Å². The normalized spacial score (nSPS) is 13.4. The van der Waals surface area contributed by atoms with E-state index in [1.165, 1.54) is 11.8 Å². The fourth-order valence-corrected chi connectivity index (χ4v) is 2.76. The molecule has 0 radical (unpaired) electrons. The second-order valence-corrected chi connectivity index (χ2v) is 5.89. The number of hydrogen-bond donors (Lipinski definition) is 1. The molecule has 21 heavy (non-hydrogen) atoms. The van der Waals surface area contributed by atoms with Gasteiger partial charge in [0.15, 0.2) is 0 Å². The summed E-state index contributed by atoms with van der Waals surface area (Å²) in [5.41, 5.74) is 0.974. The molecule has 0 aliphatic carbocycles. The zero-order valence-corrected chi connectivity index (χ0v) is 13.7. The van der Waals surface area contributed by atoms with Gasteiger partial charge in [-0.1, -0.05) is 32.0 Å². The Kier molecular flexibility index (Phi) is 5.83. The van der Waals surface area contributed by atoms with Crippen molar-refractivity contribution in [3.63, 3.8) is 0 Å². The first kappa shape index (κ1) is 16.1. The van der Waals surface area contributed by atoms with E-state index >= 15 is 0 Å². The summed E-state index contributed by atoms with van der Waals surface area (Å²) >= 11 is 0. The standard InChI is InChI=1S/C18H28N2O/c1-5-11-20(14(3)4)13-16(19-6-2)18-12-15-9-7-8-10-17(15)21-18/h7-10,12,14,16,19H,5-6,11,13H2,1-4H3. The highest BCUT2D eigenvalue weighted by atomic mass is 16.3. The van der Waals surface area contributed by atoms with Crippen LogP contribution in [0.5, 0.6) is 0 Å². The third-order valence-corrected chi connectivity index (χ3v) is 3.90. The van der Waals surface area contributed by atoms with Crippen molar-refractivity contribution in [3.05, 3.63) is 36.1 Å². The van der Waals surface area contributed by atoms with Gasteiger partial charge in [0, 0.05) is 18.0 Å². The molecule has 1 atom stereocenters. The molecule has 1 unspecified atom stereocenters. The van der Waals surface area contributed by atoms with Crippen LogP contribution in [-0.2, 0) is 0 Å². The van der Waals surface area contributed by atoms with Crippen LogP contribution in [-0.4, -0.2) is 30.6 Å². The minimum atomic E-state index is 0.247. The van der Waals surface area contributed by atoms with E-state index in [9.17, 15) is 0 Å². The van der Waals surface area contributed by atoms with E-state index in [-0.39, 0.29) is 6.04 Å². The van der Waals surface area contributed by atoms with Gasteiger partial charge in [0.25, 0.3) is 0 Å². The highest BCUT2D eigenvalue weighted by Crippen LogP contribution is 2.25. The zero-order valence-electron chi connectivity index (χ0n) is 13.7. The van der Waals surface area contributed by atoms with Crippen LogP contribution < -0.4 is 5.32 Å². The van der Waals surface area contributed by atoms with E-state index in [2.05, 4.69) is 56.1 Å². The Morgan fingerprint density at radius 1 is 1.19 bits per heavy atom. The summed E-state index contributed by atoms with van der Waals surface area (Å²) in [4.78, 5) is 2.51. The Morgan fingerprint density at radius 2 is 1.95 bits per heavy atom. The molecule has 1 N–H and O–H groups in total. The highest BCUT2D eigenvalue weighted by molar-refractivity contribution is 5.77. The van der Waals surface area contributed by atoms with Crippen molar-refractivity contribution in [3.8, 4) is 0 Å². The lowest BCUT2D eigenvalue weighted by atomic mass is 10.1. The summed E-state index contributed by atoms with van der Waals surface area (Å²) in [5.74, 6) is 1.04. The van der Waals surface area contributed by atoms with Gasteiger partial charge in [-0.2, -0.15) is 0 Å². The van der Waals surface area contributed by atoms with Crippen LogP contribution in [0.15, 0.2) is 34.7 Å². The molecule has 0 aliphatic rings. The molecule has 0 saturated heterocycles. The van der Waals surface area contributed by atoms with Crippen molar-refractivity contribution < 1.29 is 4.42 Å². The maximum atomic E-state index is 6.05. The van der Waals surface area contributed by atoms with E-state index in [0.717, 1.165) is 31.0 Å². The molecule has 1 heterocycles. The van der Waals surface area contributed by atoms with E-state index in [1.807, 2.05) is 12.1 Å². The molecule has 116 valence electrons. The monoisotopic (exact) mass is 288 g/mol. The minimum Gasteiger partial charge on any atom is -0.459 e. The van der Waals surface area contributed by atoms with Crippen LogP contribution in [0.3, 0.4) is 0 Å². The molecule has 0 spiro atoms. The molecule has 0 aliphatic heterocycles. The number of benzene rings is 1. The van der Waals surface area contributed by atoms with Gasteiger partial charge in [0.1, 0.15) is 11.3 Å². The summed E-state index contributed by atoms with van der Waals surface area (Å²) in [6, 6.07) is 11.2. The van der Waals surface area contributed by atoms with E-state index < -0.39 is 0 Å². The second-order valence-electron chi connectivity index (χ2n) is 5.89. The van der Waals surface area contributed by atoms with Gasteiger partial charge < -0.3 is 9.73 Å². The molecule has 0 bridgehead atoms. The number of nitrogens with zero attached hydrogens (tertiary/aromatic N) is 1. The first-order valence-corrected chi connectivity index (χ1v) is 8.11. The summed E-state index contributed by atoms with van der Waals surface area (Å²) < 4.78 is 6.05. The number of para-hydroxylation sites is 1. The van der Waals surface area contributed by atoms with Crippen LogP contribution in [0.2, 0.25) is 0 Å². The molecule has 0 fully saturated rings. The predicted molar refractivity (Wildman–Crippen MR) is 89.6 cm³/mol. The summed E-state index contributed by atoms with van der Waals surface area (Å²) in [5, 5.41) is 4.75. The van der Waals surface area contributed by atoms with Gasteiger partial charge in [0.05, 0.1) is 6.04 Å². The van der Waals surface area contributed by atoms with E-state index in [0.29, 0.717) is 6.04 Å². The molecule has 1 aromatic heterocycles. The van der Waals surface area contributed by atoms with Crippen LogP contribution >= 0.6 is 0 Å². The molecule has 2 rings (SSSR count). The first-order valence-electron chi connectivity index (χ1n) is 8.11. The van der Waals surface area contributed by atoms with Gasteiger partial charge in [-0.3, -0.25) is 4.90 Å². The Bertz CT molecular complexity index is 514. The molecular formula is C18H28N2O. The highest BCUT2D eigenvalue weighted by Gasteiger charge is 2.20. The van der Waals surface area contributed by atoms with Gasteiger partial charge in [-0.15, -0.1) is 0 Å². The number of fused-ring (bicyclic) bond motifs is 1. The third kappa shape index (κ3) is 4.08. The molecule has 1 aromatic carbocycles. The quantitative estimate of drug-likeness (QED) is 0.789. The third-order valence-electron chi connectivity index (χ3n) is 3.90. The smallest absolute Gasteiger partial charge is 0.134 e. The van der Waals surface area contributed by atoms with Crippen LogP contribution in [0.25, 0.3) is 11.0 Å². The van der Waals surface area contributed by atoms with Crippen LogP contribution in [0.1, 0.15) is 45.9 Å². The van der Waals surface area contributed by atoms with Crippen molar-refractivity contribution in [1.82, 2.24) is 10.2 Å². The fourth-order valence-electron chi connectivity index (χ4n) is 2.76. The lowest BCUT2D eigenvalue weighted by molar-refractivity contribution is 0.190. The van der Waals surface area contributed by atoms with Gasteiger partial charge in [-0.25, -0.2) is 0 Å². The molecule has 0 amide bonds. The average Bonchev–Trinajstić information content (AvgIpc) is 2.89. The Hall–Kier alpha value is -1.32. The van der Waals surface area contributed by atoms with Gasteiger partial charge in [-0.05, 0) is 45.5 Å². The lowest BCUT2D eigenvalue weighted by Gasteiger charge is -2.30. The van der Waals surface area contributed by atoms with Crippen molar-refractivity contribution in [2.24, 2.45) is 0 Å². The number of furan rings is 1. The Morgan fingerprint density at radius 3 is 2.57 bits per heavy atom. The molecule has 3 nitrogen and oxygen atoms in total. The van der Waals surface area contributed by atoms with Crippen LogP contribution in [0.4, 0.5) is 0 Å². The lowest BCUT2D eigenvalue weighted by Crippen LogP contribution is -2.39. The SMILES string of the molecule is CCCN(CC(NCC)c1cc2ccccc2o1)C(C)C. The number of nitrogens with one attached hydrogen (secondary N) is 1. The molecule has 3 heteroatoms. The van der Waals surface area contributed by atoms with Crippen molar-refractivity contribution in [2.75, 3.05) is 19.6 Å². The van der Waals surface area contributed by atoms with E-state index in [4.69, 9.17) is 4.42 Å². The molecular weight excluding hydrogens is 260 g/mol. The van der Waals surface area contributed by atoms with Crippen molar-refractivity contribution in [2.45, 2.75) is 46.2 Å². The van der Waals surface area contributed by atoms with E-state index in [1.54, 1.807) is 0 Å². The molecule has 0 saturated carbocycles. The fraction of sp³-hybridized carbons (Fsp3) is 0.556. The maximum Gasteiger partial charge on any atom is 0.134 e. The first-order chi connectivity index (χ1) is 10.2. The predicted octanol–water partition coefficient (Wildman–Crippen LogP) is 4.20. The topological polar surface area (TPSA) is 28.4 Å². The number of rotatable bonds is 8. The summed E-state index contributed by atoms with van der Waals surface area (Å²) in [6.07, 6.45) is 1.18. The Labute approximate surface area is 128 Å². The Balaban J connectivity index is 2.20. The van der Waals surface area contributed by atoms with Crippen molar-refractivity contribution in [1.29, 1.82) is 0 Å². The number of likely N-dealkylation sites (N-methyl/N-ethyl adjacent to an activating group) is 1. The van der Waals surface area contributed by atoms with Gasteiger partial charge >= 0.3 is 0 Å².